The Morgan fingerprint density at radius 2 is 1.96 bits per heavy atom. The maximum Gasteiger partial charge on any atom is 0.573 e. The standard InChI is InChI=1S/C19H17ClF3NO3/c20-13-3-1-2-12(8-13)15-9-16(15)18(26)24-10-17(25)11-4-6-14(7-5-11)27-19(21,22)23/h1-8,15-17,25H,9-10H2,(H,24,26). The van der Waals surface area contributed by atoms with Crippen molar-refractivity contribution in [2.75, 3.05) is 6.54 Å². The average Bonchev–Trinajstić information content (AvgIpc) is 3.39. The minimum absolute atomic E-state index is 0.0307. The van der Waals surface area contributed by atoms with Crippen LogP contribution >= 0.6 is 11.6 Å². The first-order valence-electron chi connectivity index (χ1n) is 8.30. The number of aliphatic hydroxyl groups excluding tert-OH is 1. The van der Waals surface area contributed by atoms with Crippen LogP contribution in [0.2, 0.25) is 5.02 Å². The third-order valence-corrected chi connectivity index (χ3v) is 4.61. The summed E-state index contributed by atoms with van der Waals surface area (Å²) in [5.74, 6) is -0.598. The lowest BCUT2D eigenvalue weighted by Crippen LogP contribution is -2.30. The van der Waals surface area contributed by atoms with E-state index in [2.05, 4.69) is 10.1 Å². The van der Waals surface area contributed by atoms with E-state index in [0.717, 1.165) is 17.7 Å². The van der Waals surface area contributed by atoms with Crippen LogP contribution in [0.1, 0.15) is 29.6 Å². The van der Waals surface area contributed by atoms with E-state index in [1.165, 1.54) is 12.1 Å². The molecule has 1 aliphatic rings. The lowest BCUT2D eigenvalue weighted by Gasteiger charge is -2.14. The lowest BCUT2D eigenvalue weighted by molar-refractivity contribution is -0.274. The molecule has 27 heavy (non-hydrogen) atoms. The number of nitrogens with one attached hydrogen (secondary N) is 1. The average molecular weight is 400 g/mol. The molecular formula is C19H17ClF3NO3. The molecule has 4 nitrogen and oxygen atoms in total. The molecular weight excluding hydrogens is 383 g/mol. The molecule has 1 fully saturated rings. The van der Waals surface area contributed by atoms with E-state index in [0.29, 0.717) is 17.0 Å². The minimum Gasteiger partial charge on any atom is -0.406 e. The van der Waals surface area contributed by atoms with E-state index in [1.54, 1.807) is 6.07 Å². The van der Waals surface area contributed by atoms with Gasteiger partial charge in [0.25, 0.3) is 0 Å². The number of rotatable bonds is 6. The highest BCUT2D eigenvalue weighted by Crippen LogP contribution is 2.47. The molecule has 2 N–H and O–H groups in total. The van der Waals surface area contributed by atoms with Gasteiger partial charge < -0.3 is 15.2 Å². The number of carbonyl (C=O) groups excluding carboxylic acids is 1. The molecule has 0 radical (unpaired) electrons. The monoisotopic (exact) mass is 399 g/mol. The van der Waals surface area contributed by atoms with Gasteiger partial charge in [-0.1, -0.05) is 35.9 Å². The lowest BCUT2D eigenvalue weighted by atomic mass is 10.1. The summed E-state index contributed by atoms with van der Waals surface area (Å²) in [6.45, 7) is -0.0307. The Hall–Kier alpha value is -2.25. The van der Waals surface area contributed by atoms with E-state index in [-0.39, 0.29) is 30.0 Å². The fourth-order valence-electron chi connectivity index (χ4n) is 2.93. The second-order valence-electron chi connectivity index (χ2n) is 6.38. The van der Waals surface area contributed by atoms with Gasteiger partial charge in [0.1, 0.15) is 5.75 Å². The normalized spacial score (nSPS) is 20.0. The second-order valence-corrected chi connectivity index (χ2v) is 6.82. The summed E-state index contributed by atoms with van der Waals surface area (Å²) in [5.41, 5.74) is 1.38. The maximum atomic E-state index is 12.2. The van der Waals surface area contributed by atoms with Crippen molar-refractivity contribution >= 4 is 17.5 Å². The first-order valence-corrected chi connectivity index (χ1v) is 8.67. The summed E-state index contributed by atoms with van der Waals surface area (Å²) in [4.78, 5) is 12.2. The maximum absolute atomic E-state index is 12.2. The fraction of sp³-hybridized carbons (Fsp3) is 0.316. The van der Waals surface area contributed by atoms with Crippen molar-refractivity contribution in [1.82, 2.24) is 5.32 Å². The molecule has 0 spiro atoms. The molecule has 2 aromatic rings. The smallest absolute Gasteiger partial charge is 0.406 e. The Bertz CT molecular complexity index is 811. The van der Waals surface area contributed by atoms with Gasteiger partial charge in [0.05, 0.1) is 6.10 Å². The van der Waals surface area contributed by atoms with Crippen molar-refractivity contribution in [3.63, 3.8) is 0 Å². The number of carbonyl (C=O) groups is 1. The van der Waals surface area contributed by atoms with Gasteiger partial charge >= 0.3 is 6.36 Å². The molecule has 0 aromatic heterocycles. The van der Waals surface area contributed by atoms with Crippen LogP contribution in [0.5, 0.6) is 5.75 Å². The summed E-state index contributed by atoms with van der Waals surface area (Å²) < 4.78 is 40.2. The Morgan fingerprint density at radius 3 is 2.59 bits per heavy atom. The van der Waals surface area contributed by atoms with E-state index in [4.69, 9.17) is 11.6 Å². The van der Waals surface area contributed by atoms with E-state index in [9.17, 15) is 23.1 Å². The molecule has 8 heteroatoms. The molecule has 0 heterocycles. The molecule has 3 atom stereocenters. The molecule has 144 valence electrons. The summed E-state index contributed by atoms with van der Waals surface area (Å²) in [7, 11) is 0. The molecule has 1 aliphatic carbocycles. The molecule has 1 saturated carbocycles. The zero-order valence-corrected chi connectivity index (χ0v) is 14.8. The van der Waals surface area contributed by atoms with Gasteiger partial charge in [0.2, 0.25) is 5.91 Å². The van der Waals surface area contributed by atoms with Gasteiger partial charge in [0.15, 0.2) is 0 Å². The first kappa shape index (κ1) is 19.5. The number of alkyl halides is 3. The number of hydrogen-bond acceptors (Lipinski definition) is 3. The van der Waals surface area contributed by atoms with Gasteiger partial charge in [-0.3, -0.25) is 4.79 Å². The van der Waals surface area contributed by atoms with Crippen LogP contribution in [-0.2, 0) is 4.79 Å². The SMILES string of the molecule is O=C(NCC(O)c1ccc(OC(F)(F)F)cc1)C1CC1c1cccc(Cl)c1. The van der Waals surface area contributed by atoms with Crippen molar-refractivity contribution in [2.45, 2.75) is 24.8 Å². The van der Waals surface area contributed by atoms with Gasteiger partial charge in [-0.15, -0.1) is 13.2 Å². The van der Waals surface area contributed by atoms with Crippen LogP contribution in [0, 0.1) is 5.92 Å². The fourth-order valence-corrected chi connectivity index (χ4v) is 3.13. The zero-order chi connectivity index (χ0) is 19.6. The molecule has 1 amide bonds. The summed E-state index contributed by atoms with van der Waals surface area (Å²) in [5, 5.41) is 13.4. The third kappa shape index (κ3) is 5.37. The topological polar surface area (TPSA) is 58.6 Å². The molecule has 0 saturated heterocycles. The van der Waals surface area contributed by atoms with Gasteiger partial charge in [-0.2, -0.15) is 0 Å². The number of ether oxygens (including phenoxy) is 1. The van der Waals surface area contributed by atoms with Crippen LogP contribution in [0.15, 0.2) is 48.5 Å². The number of amides is 1. The third-order valence-electron chi connectivity index (χ3n) is 4.37. The van der Waals surface area contributed by atoms with Crippen LogP contribution in [-0.4, -0.2) is 23.9 Å². The van der Waals surface area contributed by atoms with Crippen molar-refractivity contribution in [3.05, 3.63) is 64.7 Å². The highest BCUT2D eigenvalue weighted by molar-refractivity contribution is 6.30. The predicted molar refractivity (Wildman–Crippen MR) is 93.4 cm³/mol. The van der Waals surface area contributed by atoms with Crippen LogP contribution in [0.4, 0.5) is 13.2 Å². The first-order chi connectivity index (χ1) is 12.7. The zero-order valence-electron chi connectivity index (χ0n) is 14.0. The summed E-state index contributed by atoms with van der Waals surface area (Å²) in [6, 6.07) is 12.2. The Kier molecular flexibility index (Phi) is 5.62. The Balaban J connectivity index is 1.49. The van der Waals surface area contributed by atoms with Gasteiger partial charge in [-0.05, 0) is 47.7 Å². The summed E-state index contributed by atoms with van der Waals surface area (Å²) >= 11 is 5.96. The largest absolute Gasteiger partial charge is 0.573 e. The van der Waals surface area contributed by atoms with E-state index >= 15 is 0 Å². The number of benzene rings is 2. The minimum atomic E-state index is -4.77. The van der Waals surface area contributed by atoms with Gasteiger partial charge in [-0.25, -0.2) is 0 Å². The number of hydrogen-bond donors (Lipinski definition) is 2. The van der Waals surface area contributed by atoms with E-state index < -0.39 is 12.5 Å². The van der Waals surface area contributed by atoms with Crippen molar-refractivity contribution < 1.29 is 27.8 Å². The predicted octanol–water partition coefficient (Wildman–Crippen LogP) is 4.19. The Labute approximate surface area is 158 Å². The highest BCUT2D eigenvalue weighted by Gasteiger charge is 2.43. The second kappa shape index (κ2) is 7.78. The Morgan fingerprint density at radius 1 is 1.26 bits per heavy atom. The van der Waals surface area contributed by atoms with Gasteiger partial charge in [0, 0.05) is 17.5 Å². The van der Waals surface area contributed by atoms with Crippen LogP contribution in [0.3, 0.4) is 0 Å². The van der Waals surface area contributed by atoms with Crippen molar-refractivity contribution in [3.8, 4) is 5.75 Å². The molecule has 0 aliphatic heterocycles. The quantitative estimate of drug-likeness (QED) is 0.765. The van der Waals surface area contributed by atoms with Crippen LogP contribution < -0.4 is 10.1 Å². The highest BCUT2D eigenvalue weighted by atomic mass is 35.5. The van der Waals surface area contributed by atoms with E-state index in [1.807, 2.05) is 18.2 Å². The van der Waals surface area contributed by atoms with Crippen LogP contribution in [0.25, 0.3) is 0 Å². The number of aliphatic hydroxyl groups is 1. The molecule has 3 unspecified atom stereocenters. The molecule has 2 aromatic carbocycles. The van der Waals surface area contributed by atoms with Crippen molar-refractivity contribution in [1.29, 1.82) is 0 Å². The summed E-state index contributed by atoms with van der Waals surface area (Å²) in [6.07, 6.45) is -5.08. The molecule has 0 bridgehead atoms. The number of halogens is 4. The van der Waals surface area contributed by atoms with Crippen molar-refractivity contribution in [2.24, 2.45) is 5.92 Å². The molecule has 3 rings (SSSR count).